The van der Waals surface area contributed by atoms with Gasteiger partial charge in [0.25, 0.3) is 0 Å². The van der Waals surface area contributed by atoms with Crippen LogP contribution in [0.4, 0.5) is 34.1 Å². The van der Waals surface area contributed by atoms with E-state index in [1.165, 1.54) is 36.8 Å². The Morgan fingerprint density at radius 3 is 1.10 bits per heavy atom. The van der Waals surface area contributed by atoms with E-state index in [0.717, 1.165) is 51.4 Å². The number of hydrogen-bond acceptors (Lipinski definition) is 2. The maximum atomic E-state index is 3.60. The Kier molecular flexibility index (Phi) is 9.93. The molecule has 0 amide bonds. The van der Waals surface area contributed by atoms with Gasteiger partial charge < -0.3 is 9.80 Å². The Hall–Kier alpha value is -3.82. The summed E-state index contributed by atoms with van der Waals surface area (Å²) in [6.07, 6.45) is 7.11. The van der Waals surface area contributed by atoms with Crippen molar-refractivity contribution < 1.29 is 0 Å². The van der Waals surface area contributed by atoms with Crippen LogP contribution >= 0.6 is 15.9 Å². The first-order valence-electron chi connectivity index (χ1n) is 14.8. The van der Waals surface area contributed by atoms with Crippen molar-refractivity contribution in [1.82, 2.24) is 0 Å². The summed E-state index contributed by atoms with van der Waals surface area (Å²) in [5.74, 6) is 0. The lowest BCUT2D eigenvalue weighted by molar-refractivity contribution is 0.795. The third-order valence-electron chi connectivity index (χ3n) is 7.49. The minimum absolute atomic E-state index is 1.07. The molecular weight excluding hydrogens is 564 g/mol. The topological polar surface area (TPSA) is 6.48 Å². The van der Waals surface area contributed by atoms with E-state index in [9.17, 15) is 0 Å². The third kappa shape index (κ3) is 7.28. The fourth-order valence-corrected chi connectivity index (χ4v) is 5.46. The quantitative estimate of drug-likeness (QED) is 0.140. The summed E-state index contributed by atoms with van der Waals surface area (Å²) in [5, 5.41) is 0. The van der Waals surface area contributed by atoms with E-state index in [0.29, 0.717) is 0 Å². The molecule has 0 spiro atoms. The zero-order valence-electron chi connectivity index (χ0n) is 24.1. The summed E-state index contributed by atoms with van der Waals surface area (Å²) < 4.78 is 1.07. The van der Waals surface area contributed by atoms with E-state index >= 15 is 0 Å². The van der Waals surface area contributed by atoms with Gasteiger partial charge in [0.15, 0.2) is 0 Å². The zero-order chi connectivity index (χ0) is 28.4. The Labute approximate surface area is 254 Å². The van der Waals surface area contributed by atoms with Gasteiger partial charge in [-0.25, -0.2) is 0 Å². The first-order valence-corrected chi connectivity index (χ1v) is 15.6. The maximum Gasteiger partial charge on any atom is 0.0463 e. The molecule has 0 atom stereocenters. The summed E-state index contributed by atoms with van der Waals surface area (Å²) in [6.45, 7) is 4.49. The molecule has 0 N–H and O–H groups in total. The molecule has 0 aliphatic carbocycles. The van der Waals surface area contributed by atoms with Crippen molar-refractivity contribution >= 4 is 50.1 Å². The monoisotopic (exact) mass is 602 g/mol. The number of benzene rings is 5. The van der Waals surface area contributed by atoms with Crippen LogP contribution in [-0.4, -0.2) is 0 Å². The summed E-state index contributed by atoms with van der Waals surface area (Å²) in [6, 6.07) is 46.2. The van der Waals surface area contributed by atoms with Gasteiger partial charge in [0.1, 0.15) is 0 Å². The molecule has 41 heavy (non-hydrogen) atoms. The molecule has 0 aliphatic rings. The van der Waals surface area contributed by atoms with E-state index in [1.807, 2.05) is 0 Å². The number of anilines is 6. The molecule has 2 nitrogen and oxygen atoms in total. The molecule has 0 heterocycles. The Morgan fingerprint density at radius 1 is 0.415 bits per heavy atom. The summed E-state index contributed by atoms with van der Waals surface area (Å²) in [5.41, 5.74) is 9.64. The number of halogens is 1. The molecule has 0 radical (unpaired) electrons. The van der Waals surface area contributed by atoms with Crippen molar-refractivity contribution in [2.75, 3.05) is 9.80 Å². The second-order valence-corrected chi connectivity index (χ2v) is 11.5. The smallest absolute Gasteiger partial charge is 0.0463 e. The average molecular weight is 604 g/mol. The van der Waals surface area contributed by atoms with Crippen molar-refractivity contribution in [2.45, 2.75) is 52.4 Å². The SMILES string of the molecule is CCCCc1ccc(N(c2ccccc2)c2ccc(N(c3ccc(Br)cc3)c3ccc(CCCC)cc3)cc2)cc1. The van der Waals surface area contributed by atoms with Gasteiger partial charge in [0.05, 0.1) is 0 Å². The van der Waals surface area contributed by atoms with Gasteiger partial charge in [-0.05, 0) is 122 Å². The number of nitrogens with zero attached hydrogens (tertiary/aromatic N) is 2. The molecule has 0 bridgehead atoms. The highest BCUT2D eigenvalue weighted by molar-refractivity contribution is 9.10. The maximum absolute atomic E-state index is 3.60. The number of unbranched alkanes of at least 4 members (excludes halogenated alkanes) is 2. The minimum Gasteiger partial charge on any atom is -0.311 e. The van der Waals surface area contributed by atoms with Gasteiger partial charge in [-0.3, -0.25) is 0 Å². The normalized spacial score (nSPS) is 10.9. The number of aryl methyl sites for hydroxylation is 2. The molecule has 0 aromatic heterocycles. The largest absolute Gasteiger partial charge is 0.311 e. The van der Waals surface area contributed by atoms with Crippen LogP contribution in [0.15, 0.2) is 132 Å². The van der Waals surface area contributed by atoms with Gasteiger partial charge in [-0.1, -0.05) is 85.1 Å². The van der Waals surface area contributed by atoms with Crippen LogP contribution in [0.5, 0.6) is 0 Å². The van der Waals surface area contributed by atoms with E-state index in [2.05, 4.69) is 167 Å². The Balaban J connectivity index is 1.50. The van der Waals surface area contributed by atoms with Crippen LogP contribution in [0.2, 0.25) is 0 Å². The van der Waals surface area contributed by atoms with Crippen molar-refractivity contribution in [3.05, 3.63) is 143 Å². The second kappa shape index (κ2) is 14.2. The number of para-hydroxylation sites is 1. The minimum atomic E-state index is 1.07. The lowest BCUT2D eigenvalue weighted by Gasteiger charge is -2.28. The van der Waals surface area contributed by atoms with E-state index in [-0.39, 0.29) is 0 Å². The van der Waals surface area contributed by atoms with Crippen molar-refractivity contribution in [1.29, 1.82) is 0 Å². The predicted octanol–water partition coefficient (Wildman–Crippen LogP) is 12.1. The first kappa shape index (κ1) is 28.7. The van der Waals surface area contributed by atoms with Crippen molar-refractivity contribution in [3.8, 4) is 0 Å². The molecule has 0 saturated carbocycles. The van der Waals surface area contributed by atoms with Gasteiger partial charge in [-0.2, -0.15) is 0 Å². The van der Waals surface area contributed by atoms with Gasteiger partial charge in [-0.15, -0.1) is 0 Å². The predicted molar refractivity (Wildman–Crippen MR) is 181 cm³/mol. The Bertz CT molecular complexity index is 1480. The van der Waals surface area contributed by atoms with E-state index < -0.39 is 0 Å². The summed E-state index contributed by atoms with van der Waals surface area (Å²) >= 11 is 3.60. The average Bonchev–Trinajstić information content (AvgIpc) is 3.03. The molecule has 0 fully saturated rings. The molecular formula is C38H39BrN2. The summed E-state index contributed by atoms with van der Waals surface area (Å²) in [7, 11) is 0. The lowest BCUT2D eigenvalue weighted by atomic mass is 10.1. The summed E-state index contributed by atoms with van der Waals surface area (Å²) in [4.78, 5) is 4.66. The molecule has 5 aromatic carbocycles. The highest BCUT2D eigenvalue weighted by Gasteiger charge is 2.16. The molecule has 0 unspecified atom stereocenters. The van der Waals surface area contributed by atoms with Crippen molar-refractivity contribution in [2.24, 2.45) is 0 Å². The molecule has 3 heteroatoms. The van der Waals surface area contributed by atoms with Crippen LogP contribution in [0, 0.1) is 0 Å². The second-order valence-electron chi connectivity index (χ2n) is 10.5. The molecule has 5 aromatic rings. The number of hydrogen-bond donors (Lipinski definition) is 0. The molecule has 208 valence electrons. The lowest BCUT2D eigenvalue weighted by Crippen LogP contribution is -2.12. The molecule has 5 rings (SSSR count). The van der Waals surface area contributed by atoms with Gasteiger partial charge >= 0.3 is 0 Å². The van der Waals surface area contributed by atoms with Crippen LogP contribution in [0.3, 0.4) is 0 Å². The zero-order valence-corrected chi connectivity index (χ0v) is 25.7. The van der Waals surface area contributed by atoms with Gasteiger partial charge in [0.2, 0.25) is 0 Å². The first-order chi connectivity index (χ1) is 20.2. The van der Waals surface area contributed by atoms with Crippen LogP contribution in [-0.2, 0) is 12.8 Å². The standard InChI is InChI=1S/C38H39BrN2/c1-3-5-10-30-14-20-34(21-15-30)40(33-12-8-7-9-13-33)37-26-28-38(29-27-37)41(36-24-18-32(39)19-25-36)35-22-16-31(17-23-35)11-6-4-2/h7-9,12-29H,3-6,10-11H2,1-2H3. The van der Waals surface area contributed by atoms with E-state index in [4.69, 9.17) is 0 Å². The van der Waals surface area contributed by atoms with Crippen LogP contribution in [0.1, 0.15) is 50.7 Å². The highest BCUT2D eigenvalue weighted by atomic mass is 79.9. The van der Waals surface area contributed by atoms with Crippen LogP contribution in [0.25, 0.3) is 0 Å². The van der Waals surface area contributed by atoms with Gasteiger partial charge in [0, 0.05) is 38.6 Å². The third-order valence-corrected chi connectivity index (χ3v) is 8.02. The number of rotatable bonds is 12. The van der Waals surface area contributed by atoms with Crippen molar-refractivity contribution in [3.63, 3.8) is 0 Å². The Morgan fingerprint density at radius 2 is 0.732 bits per heavy atom. The van der Waals surface area contributed by atoms with E-state index in [1.54, 1.807) is 0 Å². The highest BCUT2D eigenvalue weighted by Crippen LogP contribution is 2.39. The molecule has 0 saturated heterocycles. The fourth-order valence-electron chi connectivity index (χ4n) is 5.20. The molecule has 0 aliphatic heterocycles. The fraction of sp³-hybridized carbons (Fsp3) is 0.211. The van der Waals surface area contributed by atoms with Crippen LogP contribution < -0.4 is 9.80 Å².